The topological polar surface area (TPSA) is 55.8 Å². The molecule has 1 aromatic rings. The fourth-order valence-corrected chi connectivity index (χ4v) is 1.83. The molecule has 4 nitrogen and oxygen atoms in total. The lowest BCUT2D eigenvalue weighted by molar-refractivity contribution is -0.165. The summed E-state index contributed by atoms with van der Waals surface area (Å²) in [5, 5.41) is 9.04. The Kier molecular flexibility index (Phi) is 5.20. The average Bonchev–Trinajstić information content (AvgIpc) is 2.34. The van der Waals surface area contributed by atoms with E-state index < -0.39 is 23.1 Å². The van der Waals surface area contributed by atoms with Gasteiger partial charge in [0.15, 0.2) is 6.10 Å². The van der Waals surface area contributed by atoms with Crippen LogP contribution in [0.25, 0.3) is 0 Å². The summed E-state index contributed by atoms with van der Waals surface area (Å²) in [4.78, 5) is 11.8. The van der Waals surface area contributed by atoms with Gasteiger partial charge in [-0.25, -0.2) is 4.79 Å². The van der Waals surface area contributed by atoms with Crippen LogP contribution in [0.2, 0.25) is 0 Å². The first kappa shape index (κ1) is 15.8. The number of esters is 1. The summed E-state index contributed by atoms with van der Waals surface area (Å²) in [5.41, 5.74) is -0.125. The Morgan fingerprint density at radius 3 is 2.42 bits per heavy atom. The van der Waals surface area contributed by atoms with Gasteiger partial charge in [-0.2, -0.15) is 0 Å². The Morgan fingerprint density at radius 1 is 1.32 bits per heavy atom. The van der Waals surface area contributed by atoms with Crippen molar-refractivity contribution < 1.29 is 19.4 Å². The maximum absolute atomic E-state index is 11.8. The predicted octanol–water partition coefficient (Wildman–Crippen LogP) is 2.68. The molecule has 0 amide bonds. The molecule has 1 aromatic carbocycles. The molecule has 106 valence electrons. The number of carbonyl (C=O) groups is 1. The number of hydrogen-bond acceptors (Lipinski definition) is 4. The van der Waals surface area contributed by atoms with E-state index in [1.54, 1.807) is 45.0 Å². The highest BCUT2D eigenvalue weighted by Gasteiger charge is 2.31. The number of rotatable bonds is 4. The van der Waals surface area contributed by atoms with Crippen LogP contribution in [0.15, 0.2) is 24.3 Å². The molecule has 0 aliphatic carbocycles. The fraction of sp³-hybridized carbons (Fsp3) is 0.500. The highest BCUT2D eigenvalue weighted by atomic mass is 35.5. The molecule has 2 atom stereocenters. The molecule has 1 rings (SSSR count). The van der Waals surface area contributed by atoms with Crippen LogP contribution in [0.5, 0.6) is 5.75 Å². The van der Waals surface area contributed by atoms with Crippen LogP contribution < -0.4 is 4.74 Å². The highest BCUT2D eigenvalue weighted by Crippen LogP contribution is 2.32. The summed E-state index contributed by atoms with van der Waals surface area (Å²) < 4.78 is 10.3. The smallest absolute Gasteiger partial charge is 0.337 e. The zero-order valence-corrected chi connectivity index (χ0v) is 12.3. The molecular weight excluding hydrogens is 268 g/mol. The molecule has 0 radical (unpaired) electrons. The lowest BCUT2D eigenvalue weighted by Crippen LogP contribution is -2.34. The van der Waals surface area contributed by atoms with Gasteiger partial charge in [0.05, 0.1) is 12.5 Å². The molecule has 0 aromatic heterocycles. The summed E-state index contributed by atoms with van der Waals surface area (Å²) in [7, 11) is 1.50. The summed E-state index contributed by atoms with van der Waals surface area (Å²) in [5.74, 6) is -0.233. The highest BCUT2D eigenvalue weighted by molar-refractivity contribution is 6.22. The third-order valence-electron chi connectivity index (χ3n) is 2.36. The lowest BCUT2D eigenvalue weighted by atomic mass is 10.1. The van der Waals surface area contributed by atoms with Crippen molar-refractivity contribution in [1.82, 2.24) is 0 Å². The number of hydrogen-bond donors (Lipinski definition) is 1. The van der Waals surface area contributed by atoms with Crippen LogP contribution in [-0.4, -0.2) is 29.9 Å². The summed E-state index contributed by atoms with van der Waals surface area (Å²) in [6, 6.07) is 6.96. The Balaban J connectivity index is 2.87. The number of ether oxygens (including phenoxy) is 2. The number of aliphatic hydroxyl groups is 1. The standard InChI is InChI=1S/C14H19ClO4/c1-14(2,3)19-13(17)12(16)11(15)9-7-5-6-8-10(9)18-4/h5-8,11-12,16H,1-4H3/t11-,12-/m1/s1. The van der Waals surface area contributed by atoms with Gasteiger partial charge in [-0.3, -0.25) is 0 Å². The van der Waals surface area contributed by atoms with Crippen molar-refractivity contribution >= 4 is 17.6 Å². The van der Waals surface area contributed by atoms with Crippen molar-refractivity contribution in [2.45, 2.75) is 37.9 Å². The Bertz CT molecular complexity index is 439. The maximum atomic E-state index is 11.8. The van der Waals surface area contributed by atoms with Gasteiger partial charge in [-0.15, -0.1) is 11.6 Å². The van der Waals surface area contributed by atoms with Gasteiger partial charge in [0.1, 0.15) is 11.4 Å². The minimum atomic E-state index is -1.45. The number of alkyl halides is 1. The van der Waals surface area contributed by atoms with Crippen molar-refractivity contribution in [3.05, 3.63) is 29.8 Å². The van der Waals surface area contributed by atoms with E-state index in [-0.39, 0.29) is 0 Å². The molecule has 0 heterocycles. The number of benzene rings is 1. The first-order valence-electron chi connectivity index (χ1n) is 5.94. The third-order valence-corrected chi connectivity index (χ3v) is 2.84. The number of carbonyl (C=O) groups excluding carboxylic acids is 1. The van der Waals surface area contributed by atoms with Crippen LogP contribution >= 0.6 is 11.6 Å². The van der Waals surface area contributed by atoms with Crippen molar-refractivity contribution in [2.24, 2.45) is 0 Å². The van der Waals surface area contributed by atoms with E-state index in [1.807, 2.05) is 0 Å². The summed E-state index contributed by atoms with van der Waals surface area (Å²) in [6.07, 6.45) is -1.45. The van der Waals surface area contributed by atoms with Crippen molar-refractivity contribution in [3.63, 3.8) is 0 Å². The molecule has 5 heteroatoms. The fourth-order valence-electron chi connectivity index (χ4n) is 1.55. The number of methoxy groups -OCH3 is 1. The van der Waals surface area contributed by atoms with Gasteiger partial charge >= 0.3 is 5.97 Å². The summed E-state index contributed by atoms with van der Waals surface area (Å²) >= 11 is 6.13. The van der Waals surface area contributed by atoms with Crippen LogP contribution in [0.4, 0.5) is 0 Å². The summed E-state index contributed by atoms with van der Waals surface area (Å²) in [6.45, 7) is 5.18. The second-order valence-corrected chi connectivity index (χ2v) is 5.59. The van der Waals surface area contributed by atoms with E-state index >= 15 is 0 Å². The van der Waals surface area contributed by atoms with Crippen molar-refractivity contribution in [2.75, 3.05) is 7.11 Å². The first-order valence-corrected chi connectivity index (χ1v) is 6.38. The zero-order valence-electron chi connectivity index (χ0n) is 11.5. The van der Waals surface area contributed by atoms with E-state index in [9.17, 15) is 9.90 Å². The van der Waals surface area contributed by atoms with Gasteiger partial charge in [0, 0.05) is 5.56 Å². The van der Waals surface area contributed by atoms with E-state index in [1.165, 1.54) is 7.11 Å². The van der Waals surface area contributed by atoms with Crippen LogP contribution in [0, 0.1) is 0 Å². The molecule has 0 saturated carbocycles. The van der Waals surface area contributed by atoms with E-state index in [4.69, 9.17) is 21.1 Å². The molecule has 0 bridgehead atoms. The van der Waals surface area contributed by atoms with Gasteiger partial charge in [0.2, 0.25) is 0 Å². The van der Waals surface area contributed by atoms with Crippen LogP contribution in [0.3, 0.4) is 0 Å². The molecule has 19 heavy (non-hydrogen) atoms. The number of aliphatic hydroxyl groups excluding tert-OH is 1. The second-order valence-electron chi connectivity index (χ2n) is 5.12. The average molecular weight is 287 g/mol. The second kappa shape index (κ2) is 6.26. The largest absolute Gasteiger partial charge is 0.496 e. The van der Waals surface area contributed by atoms with Crippen LogP contribution in [0.1, 0.15) is 31.7 Å². The number of para-hydroxylation sites is 1. The molecule has 1 N–H and O–H groups in total. The van der Waals surface area contributed by atoms with Gasteiger partial charge < -0.3 is 14.6 Å². The Hall–Kier alpha value is -1.26. The Morgan fingerprint density at radius 2 is 1.89 bits per heavy atom. The van der Waals surface area contributed by atoms with Gasteiger partial charge in [-0.1, -0.05) is 18.2 Å². The van der Waals surface area contributed by atoms with E-state index in [0.29, 0.717) is 11.3 Å². The van der Waals surface area contributed by atoms with Gasteiger partial charge in [-0.05, 0) is 26.8 Å². The molecule has 0 fully saturated rings. The molecule has 0 saturated heterocycles. The minimum absolute atomic E-state index is 0.519. The normalized spacial score (nSPS) is 14.6. The lowest BCUT2D eigenvalue weighted by Gasteiger charge is -2.24. The molecule has 0 aliphatic heterocycles. The molecule has 0 unspecified atom stereocenters. The van der Waals surface area contributed by atoms with Gasteiger partial charge in [0.25, 0.3) is 0 Å². The minimum Gasteiger partial charge on any atom is -0.496 e. The van der Waals surface area contributed by atoms with Crippen LogP contribution in [-0.2, 0) is 9.53 Å². The maximum Gasteiger partial charge on any atom is 0.337 e. The third kappa shape index (κ3) is 4.40. The quantitative estimate of drug-likeness (QED) is 0.683. The molecular formula is C14H19ClO4. The van der Waals surface area contributed by atoms with E-state index in [0.717, 1.165) is 0 Å². The number of halogens is 1. The Labute approximate surface area is 118 Å². The van der Waals surface area contributed by atoms with E-state index in [2.05, 4.69) is 0 Å². The van der Waals surface area contributed by atoms with Crippen molar-refractivity contribution in [3.8, 4) is 5.75 Å². The molecule has 0 aliphatic rings. The zero-order chi connectivity index (χ0) is 14.6. The molecule has 0 spiro atoms. The predicted molar refractivity (Wildman–Crippen MR) is 73.4 cm³/mol. The monoisotopic (exact) mass is 286 g/mol. The van der Waals surface area contributed by atoms with Crippen molar-refractivity contribution in [1.29, 1.82) is 0 Å². The first-order chi connectivity index (χ1) is 8.76. The SMILES string of the molecule is COc1ccccc1[C@@H](Cl)[C@@H](O)C(=O)OC(C)(C)C.